The molecule has 0 bridgehead atoms. The van der Waals surface area contributed by atoms with E-state index in [-0.39, 0.29) is 28.6 Å². The van der Waals surface area contributed by atoms with Gasteiger partial charge in [0.05, 0.1) is 39.0 Å². The van der Waals surface area contributed by atoms with E-state index in [0.29, 0.717) is 11.5 Å². The number of ether oxygens (including phenoxy) is 4. The summed E-state index contributed by atoms with van der Waals surface area (Å²) in [4.78, 5) is 16.8. The van der Waals surface area contributed by atoms with Gasteiger partial charge in [0, 0.05) is 31.1 Å². The molecule has 0 aliphatic rings. The molecule has 1 N–H and O–H groups in total. The summed E-state index contributed by atoms with van der Waals surface area (Å²) >= 11 is 0. The third-order valence-electron chi connectivity index (χ3n) is 5.12. The fraction of sp³-hybridized carbons (Fsp3) is 0.250. The lowest BCUT2D eigenvalue weighted by atomic mass is 10.2. The van der Waals surface area contributed by atoms with Gasteiger partial charge in [0.25, 0.3) is 10.0 Å². The van der Waals surface area contributed by atoms with E-state index in [9.17, 15) is 13.2 Å². The molecule has 1 heterocycles. The minimum absolute atomic E-state index is 0.0954. The van der Waals surface area contributed by atoms with Crippen LogP contribution in [0.2, 0.25) is 0 Å². The van der Waals surface area contributed by atoms with Gasteiger partial charge in [0.2, 0.25) is 5.91 Å². The van der Waals surface area contributed by atoms with Crippen LogP contribution >= 0.6 is 0 Å². The molecule has 0 saturated carbocycles. The van der Waals surface area contributed by atoms with Crippen molar-refractivity contribution in [3.8, 4) is 23.0 Å². The summed E-state index contributed by atoms with van der Waals surface area (Å²) in [5.41, 5.74) is 0.960. The number of pyridine rings is 1. The average Bonchev–Trinajstić information content (AvgIpc) is 2.90. The topological polar surface area (TPSA) is 116 Å². The molecule has 0 aliphatic carbocycles. The van der Waals surface area contributed by atoms with Crippen molar-refractivity contribution in [2.24, 2.45) is 0 Å². The number of anilines is 1. The molecule has 1 amide bonds. The summed E-state index contributed by atoms with van der Waals surface area (Å²) in [6, 6.07) is 12.4. The maximum atomic E-state index is 13.8. The quantitative estimate of drug-likeness (QED) is 0.426. The molecule has 11 heteroatoms. The van der Waals surface area contributed by atoms with Crippen molar-refractivity contribution in [3.05, 3.63) is 66.5 Å². The Labute approximate surface area is 204 Å². The lowest BCUT2D eigenvalue weighted by molar-refractivity contribution is -0.119. The highest BCUT2D eigenvalue weighted by Gasteiger charge is 2.31. The summed E-state index contributed by atoms with van der Waals surface area (Å²) in [6.45, 7) is -0.299. The minimum Gasteiger partial charge on any atom is -0.497 e. The van der Waals surface area contributed by atoms with Gasteiger partial charge in [-0.15, -0.1) is 0 Å². The SMILES string of the molecule is COc1ccc(OC)c(N(CC(=O)NCc2ccncc2)S(=O)(=O)c2ccc(OC)c(OC)c2)c1. The first kappa shape index (κ1) is 25.6. The van der Waals surface area contributed by atoms with E-state index in [4.69, 9.17) is 18.9 Å². The third-order valence-corrected chi connectivity index (χ3v) is 6.88. The summed E-state index contributed by atoms with van der Waals surface area (Å²) in [5.74, 6) is 0.721. The van der Waals surface area contributed by atoms with Crippen LogP contribution in [0.1, 0.15) is 5.56 Å². The zero-order valence-electron chi connectivity index (χ0n) is 19.8. The normalized spacial score (nSPS) is 10.9. The number of amides is 1. The maximum Gasteiger partial charge on any atom is 0.265 e. The van der Waals surface area contributed by atoms with Crippen LogP contribution in [0.5, 0.6) is 23.0 Å². The van der Waals surface area contributed by atoms with Crippen molar-refractivity contribution in [1.82, 2.24) is 10.3 Å². The molecule has 35 heavy (non-hydrogen) atoms. The van der Waals surface area contributed by atoms with Gasteiger partial charge in [-0.1, -0.05) is 0 Å². The summed E-state index contributed by atoms with van der Waals surface area (Å²) in [6.07, 6.45) is 3.22. The number of sulfonamides is 1. The van der Waals surface area contributed by atoms with Crippen molar-refractivity contribution >= 4 is 21.6 Å². The average molecular weight is 502 g/mol. The molecule has 0 unspecified atom stereocenters. The van der Waals surface area contributed by atoms with Crippen LogP contribution in [0, 0.1) is 0 Å². The molecule has 0 spiro atoms. The van der Waals surface area contributed by atoms with E-state index in [1.807, 2.05) is 0 Å². The molecule has 10 nitrogen and oxygen atoms in total. The molecule has 0 atom stereocenters. The van der Waals surface area contributed by atoms with E-state index in [0.717, 1.165) is 9.87 Å². The van der Waals surface area contributed by atoms with Crippen molar-refractivity contribution in [1.29, 1.82) is 0 Å². The molecule has 3 rings (SSSR count). The second-order valence-electron chi connectivity index (χ2n) is 7.20. The molecular weight excluding hydrogens is 474 g/mol. The van der Waals surface area contributed by atoms with Crippen molar-refractivity contribution in [3.63, 3.8) is 0 Å². The van der Waals surface area contributed by atoms with Crippen LogP contribution in [0.4, 0.5) is 5.69 Å². The number of hydrogen-bond acceptors (Lipinski definition) is 8. The first-order chi connectivity index (χ1) is 16.8. The van der Waals surface area contributed by atoms with Crippen molar-refractivity contribution < 1.29 is 32.2 Å². The van der Waals surface area contributed by atoms with Crippen LogP contribution < -0.4 is 28.6 Å². The van der Waals surface area contributed by atoms with E-state index >= 15 is 0 Å². The predicted octanol–water partition coefficient (Wildman–Crippen LogP) is 2.63. The van der Waals surface area contributed by atoms with Gasteiger partial charge < -0.3 is 24.3 Å². The molecule has 1 aromatic heterocycles. The van der Waals surface area contributed by atoms with Gasteiger partial charge in [-0.2, -0.15) is 0 Å². The number of nitrogens with one attached hydrogen (secondary N) is 1. The molecule has 0 fully saturated rings. The fourth-order valence-corrected chi connectivity index (χ4v) is 4.72. The Morgan fingerprint density at radius 3 is 2.14 bits per heavy atom. The van der Waals surface area contributed by atoms with Crippen molar-refractivity contribution in [2.75, 3.05) is 39.3 Å². The number of aromatic nitrogens is 1. The van der Waals surface area contributed by atoms with Crippen LogP contribution in [-0.2, 0) is 21.4 Å². The fourth-order valence-electron chi connectivity index (χ4n) is 3.28. The second-order valence-corrected chi connectivity index (χ2v) is 9.06. The van der Waals surface area contributed by atoms with Gasteiger partial charge in [-0.3, -0.25) is 14.1 Å². The molecule has 2 aromatic carbocycles. The van der Waals surface area contributed by atoms with Gasteiger partial charge >= 0.3 is 0 Å². The first-order valence-corrected chi connectivity index (χ1v) is 11.9. The maximum absolute atomic E-state index is 13.8. The lowest BCUT2D eigenvalue weighted by Crippen LogP contribution is -2.40. The van der Waals surface area contributed by atoms with E-state index in [2.05, 4.69) is 10.3 Å². The Balaban J connectivity index is 2.03. The number of rotatable bonds is 11. The van der Waals surface area contributed by atoms with Crippen LogP contribution in [0.3, 0.4) is 0 Å². The smallest absolute Gasteiger partial charge is 0.265 e. The van der Waals surface area contributed by atoms with E-state index in [1.165, 1.54) is 52.7 Å². The molecule has 0 aliphatic heterocycles. The Bertz CT molecular complexity index is 1270. The highest BCUT2D eigenvalue weighted by atomic mass is 32.2. The van der Waals surface area contributed by atoms with Crippen LogP contribution in [-0.4, -0.2) is 54.3 Å². The first-order valence-electron chi connectivity index (χ1n) is 10.5. The van der Waals surface area contributed by atoms with Crippen LogP contribution in [0.25, 0.3) is 0 Å². The zero-order valence-corrected chi connectivity index (χ0v) is 20.7. The molecule has 0 saturated heterocycles. The predicted molar refractivity (Wildman–Crippen MR) is 130 cm³/mol. The number of carbonyl (C=O) groups excluding carboxylic acids is 1. The number of benzene rings is 2. The minimum atomic E-state index is -4.26. The van der Waals surface area contributed by atoms with E-state index < -0.39 is 22.5 Å². The second kappa shape index (κ2) is 11.4. The largest absolute Gasteiger partial charge is 0.497 e. The van der Waals surface area contributed by atoms with Crippen LogP contribution in [0.15, 0.2) is 65.8 Å². The Kier molecular flexibility index (Phi) is 8.37. The van der Waals surface area contributed by atoms with E-state index in [1.54, 1.807) is 36.7 Å². The summed E-state index contributed by atoms with van der Waals surface area (Å²) in [7, 11) is 1.47. The van der Waals surface area contributed by atoms with Gasteiger partial charge in [-0.05, 0) is 42.0 Å². The monoisotopic (exact) mass is 501 g/mol. The molecular formula is C24H27N3O7S. The van der Waals surface area contributed by atoms with Gasteiger partial charge in [0.1, 0.15) is 18.0 Å². The number of nitrogens with zero attached hydrogens (tertiary/aromatic N) is 2. The molecule has 3 aromatic rings. The summed E-state index contributed by atoms with van der Waals surface area (Å²) in [5, 5.41) is 2.74. The Morgan fingerprint density at radius 2 is 1.51 bits per heavy atom. The third kappa shape index (κ3) is 5.93. The number of methoxy groups -OCH3 is 4. The van der Waals surface area contributed by atoms with Crippen molar-refractivity contribution in [2.45, 2.75) is 11.4 Å². The Hall–Kier alpha value is -3.99. The Morgan fingerprint density at radius 1 is 0.857 bits per heavy atom. The lowest BCUT2D eigenvalue weighted by Gasteiger charge is -2.26. The highest BCUT2D eigenvalue weighted by Crippen LogP contribution is 2.37. The summed E-state index contributed by atoms with van der Waals surface area (Å²) < 4.78 is 49.8. The zero-order chi connectivity index (χ0) is 25.4. The van der Waals surface area contributed by atoms with Gasteiger partial charge in [-0.25, -0.2) is 8.42 Å². The van der Waals surface area contributed by atoms with Gasteiger partial charge in [0.15, 0.2) is 11.5 Å². The molecule has 0 radical (unpaired) electrons. The number of hydrogen-bond donors (Lipinski definition) is 1. The number of carbonyl (C=O) groups is 1. The standard InChI is InChI=1S/C24H27N3O7S/c1-31-18-5-7-21(32-2)20(13-18)27(16-24(28)26-15-17-9-11-25-12-10-17)35(29,30)19-6-8-22(33-3)23(14-19)34-4/h5-14H,15-16H2,1-4H3,(H,26,28). The molecule has 186 valence electrons. The highest BCUT2D eigenvalue weighted by molar-refractivity contribution is 7.92.